The van der Waals surface area contributed by atoms with Crippen LogP contribution in [-0.2, 0) is 4.79 Å². The van der Waals surface area contributed by atoms with Crippen molar-refractivity contribution in [3.05, 3.63) is 24.8 Å². The van der Waals surface area contributed by atoms with E-state index in [1.165, 1.54) is 6.07 Å². The van der Waals surface area contributed by atoms with Gasteiger partial charge in [-0.05, 0) is 51.2 Å². The van der Waals surface area contributed by atoms with Gasteiger partial charge in [0.05, 0.1) is 7.14 Å². The molecule has 4 nitrogen and oxygen atoms in total. The average Bonchev–Trinajstić information content (AvgIpc) is 2.13. The van der Waals surface area contributed by atoms with Crippen LogP contribution in [0.2, 0.25) is 0 Å². The maximum Gasteiger partial charge on any atom is 0.337 e. The maximum absolute atomic E-state index is 10.5. The van der Waals surface area contributed by atoms with E-state index in [-0.39, 0.29) is 11.3 Å². The summed E-state index contributed by atoms with van der Waals surface area (Å²) in [4.78, 5) is 10.5. The second kappa shape index (κ2) is 4.62. The van der Waals surface area contributed by atoms with Gasteiger partial charge in [-0.3, -0.25) is 0 Å². The second-order valence-electron chi connectivity index (χ2n) is 2.54. The highest BCUT2D eigenvalue weighted by molar-refractivity contribution is 14.1. The number of aromatic hydroxyl groups is 1. The van der Waals surface area contributed by atoms with Crippen LogP contribution in [0.3, 0.4) is 0 Å². The van der Waals surface area contributed by atoms with Crippen LogP contribution < -0.4 is 0 Å². The number of aliphatic hydroxyl groups is 1. The number of hydrogen-bond acceptors (Lipinski definition) is 3. The molecule has 0 fully saturated rings. The topological polar surface area (TPSA) is 77.8 Å². The molecule has 0 aliphatic carbocycles. The zero-order chi connectivity index (χ0) is 10.9. The lowest BCUT2D eigenvalue weighted by Crippen LogP contribution is -2.12. The highest BCUT2D eigenvalue weighted by Crippen LogP contribution is 2.31. The van der Waals surface area contributed by atoms with E-state index in [2.05, 4.69) is 0 Å². The summed E-state index contributed by atoms with van der Waals surface area (Å²) in [7, 11) is 0. The largest absolute Gasteiger partial charge is 0.506 e. The molecule has 76 valence electrons. The molecule has 0 aliphatic rings. The summed E-state index contributed by atoms with van der Waals surface area (Å²) in [6.07, 6.45) is -1.59. The summed E-state index contributed by atoms with van der Waals surface area (Å²) >= 11 is 3.72. The van der Waals surface area contributed by atoms with Crippen molar-refractivity contribution in [2.45, 2.75) is 6.10 Å². The van der Waals surface area contributed by atoms with Gasteiger partial charge >= 0.3 is 5.97 Å². The van der Waals surface area contributed by atoms with Crippen molar-refractivity contribution in [1.82, 2.24) is 0 Å². The molecule has 0 amide bonds. The smallest absolute Gasteiger partial charge is 0.337 e. The van der Waals surface area contributed by atoms with Gasteiger partial charge < -0.3 is 15.3 Å². The zero-order valence-electron chi connectivity index (χ0n) is 6.74. The van der Waals surface area contributed by atoms with Gasteiger partial charge in [0.25, 0.3) is 0 Å². The Hall–Kier alpha value is -0.0900. The van der Waals surface area contributed by atoms with Crippen LogP contribution in [0.1, 0.15) is 11.7 Å². The van der Waals surface area contributed by atoms with Crippen LogP contribution in [0.5, 0.6) is 5.75 Å². The number of phenolic OH excluding ortho intramolecular Hbond substituents is 1. The first-order chi connectivity index (χ1) is 6.45. The zero-order valence-corrected chi connectivity index (χ0v) is 11.1. The van der Waals surface area contributed by atoms with Gasteiger partial charge in [0, 0.05) is 5.56 Å². The van der Waals surface area contributed by atoms with Crippen LogP contribution in [-0.4, -0.2) is 21.3 Å². The first-order valence-electron chi connectivity index (χ1n) is 3.53. The van der Waals surface area contributed by atoms with E-state index in [1.807, 2.05) is 22.6 Å². The minimum absolute atomic E-state index is 0.00370. The van der Waals surface area contributed by atoms with Crippen molar-refractivity contribution in [2.75, 3.05) is 0 Å². The number of aliphatic hydroxyl groups excluding tert-OH is 1. The van der Waals surface area contributed by atoms with Crippen LogP contribution in [0, 0.1) is 7.14 Å². The molecule has 0 saturated heterocycles. The maximum atomic E-state index is 10.5. The normalized spacial score (nSPS) is 12.5. The minimum Gasteiger partial charge on any atom is -0.506 e. The Morgan fingerprint density at radius 3 is 2.43 bits per heavy atom. The SMILES string of the molecule is O=C(O)C(O)c1ccc(I)c(O)c1I. The van der Waals surface area contributed by atoms with Crippen molar-refractivity contribution in [1.29, 1.82) is 0 Å². The summed E-state index contributed by atoms with van der Waals surface area (Å²) < 4.78 is 0.984. The number of carboxylic acids is 1. The molecular weight excluding hydrogens is 414 g/mol. The molecule has 0 aliphatic heterocycles. The number of aliphatic carboxylic acids is 1. The van der Waals surface area contributed by atoms with E-state index in [0.717, 1.165) is 0 Å². The van der Waals surface area contributed by atoms with E-state index in [4.69, 9.17) is 5.11 Å². The fourth-order valence-corrected chi connectivity index (χ4v) is 2.63. The van der Waals surface area contributed by atoms with Crippen molar-refractivity contribution in [3.63, 3.8) is 0 Å². The molecule has 0 spiro atoms. The van der Waals surface area contributed by atoms with Gasteiger partial charge in [-0.25, -0.2) is 4.79 Å². The second-order valence-corrected chi connectivity index (χ2v) is 4.78. The number of hydrogen-bond donors (Lipinski definition) is 3. The summed E-state index contributed by atoms with van der Waals surface area (Å²) in [5.74, 6) is -1.33. The van der Waals surface area contributed by atoms with E-state index < -0.39 is 12.1 Å². The molecule has 1 unspecified atom stereocenters. The van der Waals surface area contributed by atoms with Gasteiger partial charge in [0.1, 0.15) is 5.75 Å². The molecule has 0 saturated carbocycles. The lowest BCUT2D eigenvalue weighted by molar-refractivity contribution is -0.147. The lowest BCUT2D eigenvalue weighted by Gasteiger charge is -2.10. The molecule has 14 heavy (non-hydrogen) atoms. The average molecular weight is 420 g/mol. The third kappa shape index (κ3) is 2.28. The number of carbonyl (C=O) groups is 1. The van der Waals surface area contributed by atoms with Crippen molar-refractivity contribution < 1.29 is 20.1 Å². The Kier molecular flexibility index (Phi) is 3.95. The molecule has 1 aromatic carbocycles. The minimum atomic E-state index is -1.59. The first kappa shape index (κ1) is 12.0. The highest BCUT2D eigenvalue weighted by Gasteiger charge is 2.21. The number of rotatable bonds is 2. The Bertz CT molecular complexity index is 378. The molecule has 1 atom stereocenters. The number of halogens is 2. The summed E-state index contributed by atoms with van der Waals surface area (Å²) in [5, 5.41) is 27.4. The Balaban J connectivity index is 3.24. The van der Waals surface area contributed by atoms with Gasteiger partial charge in [-0.1, -0.05) is 6.07 Å². The van der Waals surface area contributed by atoms with Gasteiger partial charge in [-0.15, -0.1) is 0 Å². The third-order valence-corrected chi connectivity index (χ3v) is 3.63. The van der Waals surface area contributed by atoms with E-state index in [1.54, 1.807) is 28.7 Å². The van der Waals surface area contributed by atoms with E-state index >= 15 is 0 Å². The predicted octanol–water partition coefficient (Wildman–Crippen LogP) is 1.72. The van der Waals surface area contributed by atoms with E-state index in [9.17, 15) is 15.0 Å². The third-order valence-electron chi connectivity index (χ3n) is 1.63. The van der Waals surface area contributed by atoms with Crippen molar-refractivity contribution in [3.8, 4) is 5.75 Å². The van der Waals surface area contributed by atoms with Gasteiger partial charge in [0.2, 0.25) is 0 Å². The standard InChI is InChI=1S/C8H6I2O4/c9-4-2-1-3(5(10)7(4)12)6(11)8(13)14/h1-2,6,11-12H,(H,13,14). The Labute approximate surface area is 107 Å². The van der Waals surface area contributed by atoms with Crippen LogP contribution in [0.15, 0.2) is 12.1 Å². The van der Waals surface area contributed by atoms with Gasteiger partial charge in [-0.2, -0.15) is 0 Å². The fraction of sp³-hybridized carbons (Fsp3) is 0.125. The number of carboxylic acid groups (broad SMARTS) is 1. The summed E-state index contributed by atoms with van der Waals surface area (Å²) in [6.45, 7) is 0. The molecule has 6 heteroatoms. The van der Waals surface area contributed by atoms with Crippen LogP contribution in [0.4, 0.5) is 0 Å². The first-order valence-corrected chi connectivity index (χ1v) is 5.68. The molecule has 1 rings (SSSR count). The molecule has 1 aromatic rings. The summed E-state index contributed by atoms with van der Waals surface area (Å²) in [6, 6.07) is 3.04. The molecule has 0 radical (unpaired) electrons. The van der Waals surface area contributed by atoms with Crippen LogP contribution >= 0.6 is 45.2 Å². The highest BCUT2D eigenvalue weighted by atomic mass is 127. The van der Waals surface area contributed by atoms with Crippen molar-refractivity contribution in [2.24, 2.45) is 0 Å². The number of phenols is 1. The summed E-state index contributed by atoms with van der Waals surface area (Å²) in [5.41, 5.74) is 0.205. The van der Waals surface area contributed by atoms with Crippen molar-refractivity contribution >= 4 is 51.2 Å². The van der Waals surface area contributed by atoms with Crippen LogP contribution in [0.25, 0.3) is 0 Å². The Morgan fingerprint density at radius 1 is 1.36 bits per heavy atom. The molecular formula is C8H6I2O4. The fourth-order valence-electron chi connectivity index (χ4n) is 0.901. The Morgan fingerprint density at radius 2 is 1.93 bits per heavy atom. The molecule has 0 aromatic heterocycles. The van der Waals surface area contributed by atoms with E-state index in [0.29, 0.717) is 7.14 Å². The monoisotopic (exact) mass is 420 g/mol. The molecule has 0 bridgehead atoms. The van der Waals surface area contributed by atoms with Gasteiger partial charge in [0.15, 0.2) is 6.10 Å². The predicted molar refractivity (Wildman–Crippen MR) is 66.1 cm³/mol. The number of benzene rings is 1. The molecule has 3 N–H and O–H groups in total. The lowest BCUT2D eigenvalue weighted by atomic mass is 10.1. The molecule has 0 heterocycles. The quantitative estimate of drug-likeness (QED) is 0.638.